The van der Waals surface area contributed by atoms with Gasteiger partial charge in [0, 0.05) is 31.5 Å². The van der Waals surface area contributed by atoms with Crippen LogP contribution in [0, 0.1) is 36.5 Å². The molecular formula is C16H21N3O2. The largest absolute Gasteiger partial charge is 0.384 e. The van der Waals surface area contributed by atoms with Crippen LogP contribution in [0.4, 0.5) is 5.82 Å². The summed E-state index contributed by atoms with van der Waals surface area (Å²) in [7, 11) is 1.75. The number of ether oxygens (including phenoxy) is 2. The standard InChI is InChI=1S/C16H21N3O2/c1-11-4-15(18-12(2)14(11)5-17)19-6-13-7-21-10-16(13,8-19)9-20-3/h4,13H,6-10H2,1-3H3/t13-,16-/m0/s1. The zero-order chi connectivity index (χ0) is 15.0. The molecular weight excluding hydrogens is 266 g/mol. The molecule has 0 aliphatic carbocycles. The van der Waals surface area contributed by atoms with Gasteiger partial charge in [0.25, 0.3) is 0 Å². The van der Waals surface area contributed by atoms with Gasteiger partial charge in [-0.2, -0.15) is 5.26 Å². The first kappa shape index (κ1) is 14.3. The number of anilines is 1. The lowest BCUT2D eigenvalue weighted by Crippen LogP contribution is -2.35. The minimum atomic E-state index is 0.0894. The SMILES string of the molecule is COC[C@@]12COC[C@@H]1CN(c1cc(C)c(C#N)c(C)n1)C2. The summed E-state index contributed by atoms with van der Waals surface area (Å²) in [6.07, 6.45) is 0. The molecule has 1 aromatic rings. The van der Waals surface area contributed by atoms with Crippen molar-refractivity contribution >= 4 is 5.82 Å². The fourth-order valence-electron chi connectivity index (χ4n) is 3.64. The third-order valence-electron chi connectivity index (χ3n) is 4.77. The van der Waals surface area contributed by atoms with Crippen LogP contribution in [0.5, 0.6) is 0 Å². The third kappa shape index (κ3) is 2.29. The van der Waals surface area contributed by atoms with Crippen LogP contribution < -0.4 is 4.90 Å². The number of rotatable bonds is 3. The van der Waals surface area contributed by atoms with Crippen molar-refractivity contribution in [2.45, 2.75) is 13.8 Å². The first-order valence-corrected chi connectivity index (χ1v) is 7.29. The van der Waals surface area contributed by atoms with Gasteiger partial charge in [-0.15, -0.1) is 0 Å². The minimum absolute atomic E-state index is 0.0894. The number of hydrogen-bond donors (Lipinski definition) is 0. The lowest BCUT2D eigenvalue weighted by molar-refractivity contribution is 0.0660. The van der Waals surface area contributed by atoms with Crippen molar-refractivity contribution in [1.29, 1.82) is 5.26 Å². The summed E-state index contributed by atoms with van der Waals surface area (Å²) in [6, 6.07) is 4.25. The van der Waals surface area contributed by atoms with Gasteiger partial charge in [0.2, 0.25) is 0 Å². The fourth-order valence-corrected chi connectivity index (χ4v) is 3.64. The second-order valence-corrected chi connectivity index (χ2v) is 6.26. The fraction of sp³-hybridized carbons (Fsp3) is 0.625. The van der Waals surface area contributed by atoms with Gasteiger partial charge in [-0.3, -0.25) is 0 Å². The van der Waals surface area contributed by atoms with Gasteiger partial charge in [-0.1, -0.05) is 0 Å². The van der Waals surface area contributed by atoms with E-state index in [1.165, 1.54) is 0 Å². The predicted octanol–water partition coefficient (Wildman–Crippen LogP) is 1.67. The van der Waals surface area contributed by atoms with Gasteiger partial charge in [0.05, 0.1) is 31.1 Å². The van der Waals surface area contributed by atoms with E-state index in [1.807, 2.05) is 19.9 Å². The molecule has 0 aromatic carbocycles. The molecule has 0 N–H and O–H groups in total. The summed E-state index contributed by atoms with van der Waals surface area (Å²) in [4.78, 5) is 6.94. The molecule has 0 bridgehead atoms. The number of methoxy groups -OCH3 is 1. The van der Waals surface area contributed by atoms with E-state index in [4.69, 9.17) is 14.7 Å². The highest BCUT2D eigenvalue weighted by atomic mass is 16.5. The summed E-state index contributed by atoms with van der Waals surface area (Å²) < 4.78 is 11.1. The van der Waals surface area contributed by atoms with Crippen LogP contribution in [0.25, 0.3) is 0 Å². The molecule has 0 amide bonds. The summed E-state index contributed by atoms with van der Waals surface area (Å²) >= 11 is 0. The second-order valence-electron chi connectivity index (χ2n) is 6.26. The molecule has 112 valence electrons. The van der Waals surface area contributed by atoms with E-state index in [0.717, 1.165) is 50.0 Å². The van der Waals surface area contributed by atoms with E-state index in [9.17, 15) is 0 Å². The molecule has 3 heterocycles. The Hall–Kier alpha value is -1.64. The maximum atomic E-state index is 9.16. The van der Waals surface area contributed by atoms with Crippen molar-refractivity contribution in [1.82, 2.24) is 4.98 Å². The molecule has 2 saturated heterocycles. The number of hydrogen-bond acceptors (Lipinski definition) is 5. The molecule has 1 aromatic heterocycles. The molecule has 3 rings (SSSR count). The van der Waals surface area contributed by atoms with Crippen molar-refractivity contribution in [3.8, 4) is 6.07 Å². The van der Waals surface area contributed by atoms with Crippen molar-refractivity contribution in [2.75, 3.05) is 44.9 Å². The average molecular weight is 287 g/mol. The van der Waals surface area contributed by atoms with Crippen LogP contribution >= 0.6 is 0 Å². The average Bonchev–Trinajstić information content (AvgIpc) is 2.95. The monoisotopic (exact) mass is 287 g/mol. The van der Waals surface area contributed by atoms with Gasteiger partial charge in [-0.05, 0) is 25.5 Å². The Balaban J connectivity index is 1.88. The summed E-state index contributed by atoms with van der Waals surface area (Å²) in [5.74, 6) is 1.46. The van der Waals surface area contributed by atoms with Gasteiger partial charge in [0.1, 0.15) is 11.9 Å². The molecule has 5 nitrogen and oxygen atoms in total. The maximum Gasteiger partial charge on any atom is 0.129 e. The van der Waals surface area contributed by atoms with E-state index in [2.05, 4.69) is 16.0 Å². The zero-order valence-corrected chi connectivity index (χ0v) is 12.8. The number of nitriles is 1. The lowest BCUT2D eigenvalue weighted by atomic mass is 9.82. The molecule has 2 fully saturated rings. The summed E-state index contributed by atoms with van der Waals surface area (Å²) in [6.45, 7) is 8.01. The van der Waals surface area contributed by atoms with E-state index in [0.29, 0.717) is 11.5 Å². The zero-order valence-electron chi connectivity index (χ0n) is 12.8. The molecule has 0 unspecified atom stereocenters. The van der Waals surface area contributed by atoms with Gasteiger partial charge in [-0.25, -0.2) is 4.98 Å². The first-order chi connectivity index (χ1) is 10.1. The predicted molar refractivity (Wildman–Crippen MR) is 79.3 cm³/mol. The summed E-state index contributed by atoms with van der Waals surface area (Å²) in [5, 5.41) is 9.16. The summed E-state index contributed by atoms with van der Waals surface area (Å²) in [5.41, 5.74) is 2.58. The van der Waals surface area contributed by atoms with Crippen LogP contribution in [0.2, 0.25) is 0 Å². The Labute approximate surface area is 125 Å². The van der Waals surface area contributed by atoms with Crippen molar-refractivity contribution in [3.05, 3.63) is 22.9 Å². The van der Waals surface area contributed by atoms with E-state index >= 15 is 0 Å². The van der Waals surface area contributed by atoms with Gasteiger partial charge < -0.3 is 14.4 Å². The van der Waals surface area contributed by atoms with Gasteiger partial charge in [0.15, 0.2) is 0 Å². The molecule has 0 saturated carbocycles. The first-order valence-electron chi connectivity index (χ1n) is 7.29. The number of aromatic nitrogens is 1. The van der Waals surface area contributed by atoms with Crippen LogP contribution in [0.15, 0.2) is 6.07 Å². The van der Waals surface area contributed by atoms with Gasteiger partial charge >= 0.3 is 0 Å². The molecule has 21 heavy (non-hydrogen) atoms. The Morgan fingerprint density at radius 1 is 1.57 bits per heavy atom. The number of nitrogens with zero attached hydrogens (tertiary/aromatic N) is 3. The highest BCUT2D eigenvalue weighted by molar-refractivity contribution is 5.51. The van der Waals surface area contributed by atoms with E-state index < -0.39 is 0 Å². The molecule has 0 spiro atoms. The lowest BCUT2D eigenvalue weighted by Gasteiger charge is -2.26. The highest BCUT2D eigenvalue weighted by Crippen LogP contribution is 2.42. The Morgan fingerprint density at radius 2 is 2.38 bits per heavy atom. The smallest absolute Gasteiger partial charge is 0.129 e. The van der Waals surface area contributed by atoms with Crippen LogP contribution in [0.1, 0.15) is 16.8 Å². The number of fused-ring (bicyclic) bond motifs is 1. The molecule has 2 aliphatic rings. The molecule has 5 heteroatoms. The minimum Gasteiger partial charge on any atom is -0.384 e. The quantitative estimate of drug-likeness (QED) is 0.846. The normalized spacial score (nSPS) is 27.7. The molecule has 0 radical (unpaired) electrons. The van der Waals surface area contributed by atoms with Crippen molar-refractivity contribution < 1.29 is 9.47 Å². The third-order valence-corrected chi connectivity index (χ3v) is 4.77. The van der Waals surface area contributed by atoms with Crippen LogP contribution in [-0.4, -0.2) is 45.0 Å². The van der Waals surface area contributed by atoms with Crippen molar-refractivity contribution in [3.63, 3.8) is 0 Å². The van der Waals surface area contributed by atoms with E-state index in [-0.39, 0.29) is 5.41 Å². The Kier molecular flexibility index (Phi) is 3.60. The second kappa shape index (κ2) is 5.28. The molecule has 2 atom stereocenters. The Morgan fingerprint density at radius 3 is 3.05 bits per heavy atom. The van der Waals surface area contributed by atoms with Crippen LogP contribution in [-0.2, 0) is 9.47 Å². The highest BCUT2D eigenvalue weighted by Gasteiger charge is 2.51. The van der Waals surface area contributed by atoms with Crippen LogP contribution in [0.3, 0.4) is 0 Å². The van der Waals surface area contributed by atoms with E-state index in [1.54, 1.807) is 7.11 Å². The Bertz CT molecular complexity index is 573. The number of aryl methyl sites for hydroxylation is 2. The maximum absolute atomic E-state index is 9.16. The molecule has 2 aliphatic heterocycles. The topological polar surface area (TPSA) is 58.4 Å². The number of pyridine rings is 1. The van der Waals surface area contributed by atoms with Crippen molar-refractivity contribution in [2.24, 2.45) is 11.3 Å².